The summed E-state index contributed by atoms with van der Waals surface area (Å²) < 4.78 is 35.9. The summed E-state index contributed by atoms with van der Waals surface area (Å²) >= 11 is 13.3. The number of halogens is 2. The van der Waals surface area contributed by atoms with E-state index < -0.39 is 79.7 Å². The van der Waals surface area contributed by atoms with Crippen molar-refractivity contribution in [3.8, 4) is 11.5 Å². The molecule has 4 aromatic carbocycles. The smallest absolute Gasteiger partial charge is 0.225 e. The lowest BCUT2D eigenvalue weighted by molar-refractivity contribution is -0.421. The third-order valence-electron chi connectivity index (χ3n) is 11.2. The van der Waals surface area contributed by atoms with Crippen molar-refractivity contribution in [2.24, 2.45) is 0 Å². The maximum atomic E-state index is 11.8. The summed E-state index contributed by atoms with van der Waals surface area (Å²) in [5, 5.41) is 90.0. The molecule has 16 heteroatoms. The number of aliphatic hydroxyl groups excluding tert-OH is 8. The van der Waals surface area contributed by atoms with Crippen molar-refractivity contribution in [1.29, 1.82) is 0 Å². The number of ether oxygens (including phenoxy) is 6. The summed E-state index contributed by atoms with van der Waals surface area (Å²) in [6, 6.07) is 24.0. The van der Waals surface area contributed by atoms with Crippen LogP contribution in [0.1, 0.15) is 47.2 Å². The molecule has 0 saturated carbocycles. The molecule has 8 N–H and O–H groups in total. The van der Waals surface area contributed by atoms with Gasteiger partial charge in [-0.1, -0.05) is 59.6 Å². The first-order chi connectivity index (χ1) is 28.7. The van der Waals surface area contributed by atoms with E-state index in [4.69, 9.17) is 51.6 Å². The first-order valence-corrected chi connectivity index (χ1v) is 20.3. The van der Waals surface area contributed by atoms with Gasteiger partial charge in [-0.2, -0.15) is 0 Å². The minimum atomic E-state index is -2.49. The number of hydrogen-bond donors (Lipinski definition) is 8. The van der Waals surface area contributed by atoms with Gasteiger partial charge < -0.3 is 69.3 Å². The summed E-state index contributed by atoms with van der Waals surface area (Å²) in [7, 11) is 1.25. The van der Waals surface area contributed by atoms with Gasteiger partial charge >= 0.3 is 0 Å². The zero-order valence-electron chi connectivity index (χ0n) is 33.4. The van der Waals surface area contributed by atoms with E-state index in [1.165, 1.54) is 19.2 Å². The van der Waals surface area contributed by atoms with E-state index in [0.717, 1.165) is 11.1 Å². The standard InChI is InChI=1S/C44H52Cl2O14/c1-4-56-31-12-6-25(7-13-31)18-27-20-29(10-16-33(27)45)43(55-3)40(53)37(50)36(49)35(59-43)22-58-44(41(54)38(51)39(52)42(23-47,24-48)60-44)30-11-17-34(46)28(21-30)19-26-8-14-32(15-9-26)57-5-2/h6-17,20-21,35-41,47-54H,4-5,18-19,22-24H2,1-3H3/t35-,36-,37+,38+,39+,40-,41-,43+,44+/m1/s1. The average Bonchev–Trinajstić information content (AvgIpc) is 3.26. The number of methoxy groups -OCH3 is 1. The van der Waals surface area contributed by atoms with E-state index in [-0.39, 0.29) is 17.5 Å². The van der Waals surface area contributed by atoms with Crippen LogP contribution in [0.15, 0.2) is 84.9 Å². The molecule has 0 amide bonds. The van der Waals surface area contributed by atoms with Crippen molar-refractivity contribution in [2.45, 2.75) is 86.6 Å². The van der Waals surface area contributed by atoms with Gasteiger partial charge in [0.05, 0.1) is 33.0 Å². The van der Waals surface area contributed by atoms with Crippen LogP contribution in [-0.2, 0) is 43.4 Å². The Balaban J connectivity index is 1.36. The minimum Gasteiger partial charge on any atom is -0.494 e. The SMILES string of the molecule is CCOc1ccc(Cc2cc([C@]3(OC[C@H]4O[C@@](OC)(c5ccc(Cl)c(Cc6ccc(OCC)cc6)c5)[C@H](O)[C@@H](O)[C@@H]4O)OC(CO)(CO)[C@@H](O)[C@H](O)[C@H]3O)ccc2Cl)cc1. The van der Waals surface area contributed by atoms with Crippen LogP contribution in [0.3, 0.4) is 0 Å². The molecule has 326 valence electrons. The van der Waals surface area contributed by atoms with Crippen LogP contribution in [0.25, 0.3) is 0 Å². The second kappa shape index (κ2) is 19.3. The Morgan fingerprint density at radius 2 is 1.07 bits per heavy atom. The van der Waals surface area contributed by atoms with Crippen molar-refractivity contribution < 1.29 is 69.3 Å². The topological polar surface area (TPSA) is 217 Å². The molecular formula is C44H52Cl2O14. The maximum Gasteiger partial charge on any atom is 0.225 e. The Labute approximate surface area is 358 Å². The van der Waals surface area contributed by atoms with Crippen LogP contribution < -0.4 is 9.47 Å². The molecule has 9 atom stereocenters. The zero-order chi connectivity index (χ0) is 43.4. The summed E-state index contributed by atoms with van der Waals surface area (Å²) in [6.45, 7) is 1.99. The second-order valence-electron chi connectivity index (χ2n) is 14.9. The lowest BCUT2D eigenvalue weighted by atomic mass is 9.81. The van der Waals surface area contributed by atoms with E-state index >= 15 is 0 Å². The lowest BCUT2D eigenvalue weighted by Gasteiger charge is -2.54. The molecule has 4 aromatic rings. The second-order valence-corrected chi connectivity index (χ2v) is 15.7. The van der Waals surface area contributed by atoms with Gasteiger partial charge in [0.15, 0.2) is 0 Å². The number of hydrogen-bond acceptors (Lipinski definition) is 14. The highest BCUT2D eigenvalue weighted by Crippen LogP contribution is 2.47. The van der Waals surface area contributed by atoms with Gasteiger partial charge in [0.1, 0.15) is 59.8 Å². The first kappa shape index (κ1) is 46.1. The predicted molar refractivity (Wildman–Crippen MR) is 219 cm³/mol. The summed E-state index contributed by atoms with van der Waals surface area (Å²) in [5.74, 6) is -3.24. The Morgan fingerprint density at radius 3 is 1.52 bits per heavy atom. The fraction of sp³-hybridized carbons (Fsp3) is 0.455. The Bertz CT molecular complexity index is 2030. The van der Waals surface area contributed by atoms with Crippen LogP contribution in [0.4, 0.5) is 0 Å². The molecule has 0 bridgehead atoms. The van der Waals surface area contributed by atoms with E-state index in [9.17, 15) is 40.9 Å². The molecule has 2 aliphatic rings. The highest BCUT2D eigenvalue weighted by molar-refractivity contribution is 6.31. The largest absolute Gasteiger partial charge is 0.494 e. The summed E-state index contributed by atoms with van der Waals surface area (Å²) in [4.78, 5) is 0. The third kappa shape index (κ3) is 8.91. The Hall–Kier alpha value is -3.42. The molecule has 0 aromatic heterocycles. The van der Waals surface area contributed by atoms with Gasteiger partial charge in [-0.05, 0) is 97.5 Å². The van der Waals surface area contributed by atoms with E-state index in [0.29, 0.717) is 52.3 Å². The van der Waals surface area contributed by atoms with Gasteiger partial charge in [0.2, 0.25) is 11.6 Å². The molecule has 60 heavy (non-hydrogen) atoms. The van der Waals surface area contributed by atoms with Crippen LogP contribution in [0, 0.1) is 0 Å². The van der Waals surface area contributed by atoms with Crippen LogP contribution in [-0.4, -0.2) is 129 Å². The molecular weight excluding hydrogens is 823 g/mol. The van der Waals surface area contributed by atoms with Crippen LogP contribution in [0.2, 0.25) is 10.0 Å². The van der Waals surface area contributed by atoms with Crippen LogP contribution >= 0.6 is 23.2 Å². The summed E-state index contributed by atoms with van der Waals surface area (Å²) in [6.07, 6.45) is -12.6. The molecule has 14 nitrogen and oxygen atoms in total. The molecule has 2 heterocycles. The fourth-order valence-electron chi connectivity index (χ4n) is 7.75. The van der Waals surface area contributed by atoms with Gasteiger partial charge in [0.25, 0.3) is 0 Å². The van der Waals surface area contributed by atoms with Crippen LogP contribution in [0.5, 0.6) is 11.5 Å². The monoisotopic (exact) mass is 874 g/mol. The summed E-state index contributed by atoms with van der Waals surface area (Å²) in [5.41, 5.74) is 0.860. The zero-order valence-corrected chi connectivity index (χ0v) is 34.9. The van der Waals surface area contributed by atoms with Crippen molar-refractivity contribution in [2.75, 3.05) is 40.1 Å². The third-order valence-corrected chi connectivity index (χ3v) is 11.9. The normalized spacial score (nSPS) is 29.0. The maximum absolute atomic E-state index is 11.8. The minimum absolute atomic E-state index is 0.0399. The molecule has 6 rings (SSSR count). The molecule has 0 unspecified atom stereocenters. The van der Waals surface area contributed by atoms with Crippen molar-refractivity contribution in [1.82, 2.24) is 0 Å². The average molecular weight is 876 g/mol. The molecule has 0 aliphatic carbocycles. The molecule has 0 radical (unpaired) electrons. The molecule has 2 aliphatic heterocycles. The Kier molecular flexibility index (Phi) is 14.8. The van der Waals surface area contributed by atoms with Gasteiger partial charge in [-0.25, -0.2) is 0 Å². The number of aliphatic hydroxyl groups is 8. The molecule has 2 fully saturated rings. The van der Waals surface area contributed by atoms with Crippen molar-refractivity contribution in [3.63, 3.8) is 0 Å². The van der Waals surface area contributed by atoms with E-state index in [1.807, 2.05) is 50.2 Å². The van der Waals surface area contributed by atoms with Gasteiger partial charge in [-0.3, -0.25) is 0 Å². The molecule has 0 spiro atoms. The predicted octanol–water partition coefficient (Wildman–Crippen LogP) is 2.96. The Morgan fingerprint density at radius 1 is 0.600 bits per heavy atom. The number of benzene rings is 4. The van der Waals surface area contributed by atoms with Gasteiger partial charge in [-0.15, -0.1) is 0 Å². The van der Waals surface area contributed by atoms with Crippen molar-refractivity contribution >= 4 is 23.2 Å². The van der Waals surface area contributed by atoms with Crippen molar-refractivity contribution in [3.05, 3.63) is 128 Å². The lowest BCUT2D eigenvalue weighted by Crippen LogP contribution is -2.72. The highest BCUT2D eigenvalue weighted by Gasteiger charge is 2.63. The quantitative estimate of drug-likeness (QED) is 0.0813. The van der Waals surface area contributed by atoms with E-state index in [1.54, 1.807) is 36.4 Å². The highest BCUT2D eigenvalue weighted by atomic mass is 35.5. The molecule has 2 saturated heterocycles. The number of rotatable bonds is 16. The fourth-order valence-corrected chi connectivity index (χ4v) is 8.12. The van der Waals surface area contributed by atoms with Gasteiger partial charge in [0, 0.05) is 28.3 Å². The van der Waals surface area contributed by atoms with E-state index in [2.05, 4.69) is 0 Å². The first-order valence-electron chi connectivity index (χ1n) is 19.6.